The van der Waals surface area contributed by atoms with Gasteiger partial charge < -0.3 is 5.32 Å². The van der Waals surface area contributed by atoms with E-state index >= 15 is 0 Å². The van der Waals surface area contributed by atoms with E-state index in [0.29, 0.717) is 12.1 Å². The van der Waals surface area contributed by atoms with E-state index < -0.39 is 0 Å². The molecule has 1 N–H and O–H groups in total. The largest absolute Gasteiger partial charge is 0.308 e. The van der Waals surface area contributed by atoms with Gasteiger partial charge in [0.2, 0.25) is 0 Å². The fraction of sp³-hybridized carbons (Fsp3) is 0.571. The number of rotatable bonds is 5. The van der Waals surface area contributed by atoms with Gasteiger partial charge in [-0.1, -0.05) is 37.6 Å². The summed E-state index contributed by atoms with van der Waals surface area (Å²) in [5.41, 5.74) is 1.25. The number of hydrogen-bond acceptors (Lipinski definition) is 1. The molecule has 0 spiro atoms. The van der Waals surface area contributed by atoms with Crippen molar-refractivity contribution in [1.82, 2.24) is 5.32 Å². The average Bonchev–Trinajstić information content (AvgIpc) is 2.16. The number of halogens is 1. The van der Waals surface area contributed by atoms with Crippen molar-refractivity contribution in [1.29, 1.82) is 0 Å². The Labute approximate surface area is 104 Å². The zero-order valence-corrected chi connectivity index (χ0v) is 11.4. The second-order valence-electron chi connectivity index (χ2n) is 4.97. The second kappa shape index (κ2) is 6.27. The van der Waals surface area contributed by atoms with Crippen LogP contribution in [0.2, 0.25) is 5.02 Å². The first-order valence-electron chi connectivity index (χ1n) is 6.00. The molecule has 0 aliphatic carbocycles. The van der Waals surface area contributed by atoms with Gasteiger partial charge in [0.25, 0.3) is 0 Å². The minimum atomic E-state index is 0.354. The van der Waals surface area contributed by atoms with Crippen LogP contribution in [0.3, 0.4) is 0 Å². The van der Waals surface area contributed by atoms with Crippen molar-refractivity contribution in [3.05, 3.63) is 34.9 Å². The molecular weight excluding hydrogens is 218 g/mol. The van der Waals surface area contributed by atoms with Crippen molar-refractivity contribution >= 4 is 11.6 Å². The maximum absolute atomic E-state index is 5.98. The highest BCUT2D eigenvalue weighted by Crippen LogP contribution is 2.18. The van der Waals surface area contributed by atoms with Crippen LogP contribution in [0.25, 0.3) is 0 Å². The van der Waals surface area contributed by atoms with Gasteiger partial charge in [-0.2, -0.15) is 0 Å². The topological polar surface area (TPSA) is 12.0 Å². The lowest BCUT2D eigenvalue weighted by molar-refractivity contribution is 0.407. The Hall–Kier alpha value is -0.530. The summed E-state index contributed by atoms with van der Waals surface area (Å²) in [7, 11) is 0. The molecule has 2 atom stereocenters. The van der Waals surface area contributed by atoms with Crippen molar-refractivity contribution < 1.29 is 0 Å². The van der Waals surface area contributed by atoms with E-state index in [1.165, 1.54) is 12.0 Å². The highest BCUT2D eigenvalue weighted by atomic mass is 35.5. The van der Waals surface area contributed by atoms with Gasteiger partial charge in [-0.25, -0.2) is 0 Å². The summed E-state index contributed by atoms with van der Waals surface area (Å²) in [6.07, 6.45) is 1.20. The summed E-state index contributed by atoms with van der Waals surface area (Å²) < 4.78 is 0. The molecule has 0 saturated heterocycles. The van der Waals surface area contributed by atoms with Crippen molar-refractivity contribution in [2.24, 2.45) is 5.92 Å². The van der Waals surface area contributed by atoms with Gasteiger partial charge in [0.05, 0.1) is 0 Å². The van der Waals surface area contributed by atoms with Gasteiger partial charge in [0, 0.05) is 17.1 Å². The van der Waals surface area contributed by atoms with E-state index in [0.717, 1.165) is 10.9 Å². The summed E-state index contributed by atoms with van der Waals surface area (Å²) in [4.78, 5) is 0. The molecule has 1 rings (SSSR count). The van der Waals surface area contributed by atoms with Gasteiger partial charge in [-0.3, -0.25) is 0 Å². The zero-order valence-electron chi connectivity index (χ0n) is 10.6. The van der Waals surface area contributed by atoms with E-state index in [9.17, 15) is 0 Å². The molecule has 1 aromatic carbocycles. The quantitative estimate of drug-likeness (QED) is 0.802. The molecule has 1 aromatic rings. The molecule has 2 heteroatoms. The molecule has 90 valence electrons. The van der Waals surface area contributed by atoms with Crippen molar-refractivity contribution in [3.63, 3.8) is 0 Å². The molecule has 0 aliphatic heterocycles. The SMILES string of the molecule is CC(C)CC(C)N[C@H](C)c1cccc(Cl)c1. The Bertz CT molecular complexity index is 322. The predicted molar refractivity (Wildman–Crippen MR) is 71.9 cm³/mol. The lowest BCUT2D eigenvalue weighted by atomic mass is 10.0. The molecule has 0 aromatic heterocycles. The monoisotopic (exact) mass is 239 g/mol. The third-order valence-corrected chi connectivity index (χ3v) is 2.94. The number of hydrogen-bond donors (Lipinski definition) is 1. The first-order valence-corrected chi connectivity index (χ1v) is 6.38. The fourth-order valence-corrected chi connectivity index (χ4v) is 2.27. The van der Waals surface area contributed by atoms with E-state index in [2.05, 4.69) is 39.1 Å². The lowest BCUT2D eigenvalue weighted by Gasteiger charge is -2.21. The zero-order chi connectivity index (χ0) is 12.1. The minimum absolute atomic E-state index is 0.354. The average molecular weight is 240 g/mol. The molecule has 0 aliphatic rings. The summed E-state index contributed by atoms with van der Waals surface area (Å²) in [5.74, 6) is 0.731. The standard InChI is InChI=1S/C14H22ClN/c1-10(2)8-11(3)16-12(4)13-6-5-7-14(15)9-13/h5-7,9-12,16H,8H2,1-4H3/t11?,12-/m1/s1. The van der Waals surface area contributed by atoms with Crippen LogP contribution in [-0.2, 0) is 0 Å². The van der Waals surface area contributed by atoms with Crippen LogP contribution >= 0.6 is 11.6 Å². The highest BCUT2D eigenvalue weighted by Gasteiger charge is 2.10. The fourth-order valence-electron chi connectivity index (χ4n) is 2.07. The first kappa shape index (κ1) is 13.5. The highest BCUT2D eigenvalue weighted by molar-refractivity contribution is 6.30. The van der Waals surface area contributed by atoms with Gasteiger partial charge in [0.15, 0.2) is 0 Å². The third kappa shape index (κ3) is 4.54. The maximum Gasteiger partial charge on any atom is 0.0409 e. The molecule has 0 bridgehead atoms. The first-order chi connectivity index (χ1) is 7.49. The maximum atomic E-state index is 5.98. The molecular formula is C14H22ClN. The minimum Gasteiger partial charge on any atom is -0.308 e. The molecule has 0 heterocycles. The van der Waals surface area contributed by atoms with Gasteiger partial charge >= 0.3 is 0 Å². The molecule has 1 unspecified atom stereocenters. The normalized spacial score (nSPS) is 15.1. The smallest absolute Gasteiger partial charge is 0.0409 e. The van der Waals surface area contributed by atoms with Crippen LogP contribution in [0.5, 0.6) is 0 Å². The van der Waals surface area contributed by atoms with Crippen LogP contribution in [0.1, 0.15) is 45.7 Å². The van der Waals surface area contributed by atoms with Crippen LogP contribution in [0, 0.1) is 5.92 Å². The van der Waals surface area contributed by atoms with Gasteiger partial charge in [-0.05, 0) is 43.9 Å². The second-order valence-corrected chi connectivity index (χ2v) is 5.41. The molecule has 0 fully saturated rings. The Morgan fingerprint density at radius 2 is 1.88 bits per heavy atom. The van der Waals surface area contributed by atoms with Crippen LogP contribution in [0.4, 0.5) is 0 Å². The van der Waals surface area contributed by atoms with E-state index in [-0.39, 0.29) is 0 Å². The van der Waals surface area contributed by atoms with Gasteiger partial charge in [-0.15, -0.1) is 0 Å². The molecule has 16 heavy (non-hydrogen) atoms. The number of benzene rings is 1. The Balaban J connectivity index is 2.55. The Morgan fingerprint density at radius 3 is 2.44 bits per heavy atom. The molecule has 1 nitrogen and oxygen atoms in total. The van der Waals surface area contributed by atoms with E-state index in [1.54, 1.807) is 0 Å². The summed E-state index contributed by atoms with van der Waals surface area (Å²) in [5, 5.41) is 4.40. The van der Waals surface area contributed by atoms with Crippen molar-refractivity contribution in [3.8, 4) is 0 Å². The van der Waals surface area contributed by atoms with Crippen molar-refractivity contribution in [2.45, 2.75) is 46.2 Å². The third-order valence-electron chi connectivity index (χ3n) is 2.71. The van der Waals surface area contributed by atoms with Crippen LogP contribution < -0.4 is 5.32 Å². The molecule has 0 saturated carbocycles. The molecule has 0 radical (unpaired) electrons. The van der Waals surface area contributed by atoms with Gasteiger partial charge in [0.1, 0.15) is 0 Å². The predicted octanol–water partition coefficient (Wildman–Crippen LogP) is 4.43. The van der Waals surface area contributed by atoms with Crippen LogP contribution in [0.15, 0.2) is 24.3 Å². The van der Waals surface area contributed by atoms with E-state index in [1.807, 2.05) is 18.2 Å². The Kier molecular flexibility index (Phi) is 5.30. The van der Waals surface area contributed by atoms with Crippen LogP contribution in [-0.4, -0.2) is 6.04 Å². The van der Waals surface area contributed by atoms with Crippen molar-refractivity contribution in [2.75, 3.05) is 0 Å². The summed E-state index contributed by atoms with van der Waals surface area (Å²) in [6.45, 7) is 8.92. The van der Waals surface area contributed by atoms with E-state index in [4.69, 9.17) is 11.6 Å². The summed E-state index contributed by atoms with van der Waals surface area (Å²) >= 11 is 5.98. The lowest BCUT2D eigenvalue weighted by Crippen LogP contribution is -2.30. The Morgan fingerprint density at radius 1 is 1.19 bits per heavy atom. The summed E-state index contributed by atoms with van der Waals surface area (Å²) in [6, 6.07) is 8.95. The number of nitrogens with one attached hydrogen (secondary N) is 1. The molecule has 0 amide bonds.